The van der Waals surface area contributed by atoms with Crippen LogP contribution in [-0.2, 0) is 16.1 Å². The first-order valence-electron chi connectivity index (χ1n) is 7.19. The number of likely N-dealkylation sites (tertiary alicyclic amines) is 1. The molecule has 110 valence electrons. The van der Waals surface area contributed by atoms with Crippen molar-refractivity contribution in [3.63, 3.8) is 0 Å². The number of hydrogen-bond acceptors (Lipinski definition) is 4. The molecule has 0 amide bonds. The van der Waals surface area contributed by atoms with Gasteiger partial charge in [-0.15, -0.1) is 0 Å². The molecule has 2 rings (SSSR count). The maximum absolute atomic E-state index is 12.0. The number of benzene rings is 1. The molecule has 1 fully saturated rings. The molecule has 1 heterocycles. The number of β-amino-alcohol motifs (C(OH)–C–C–N with tert-alkyl or cyclic N) is 1. The van der Waals surface area contributed by atoms with Gasteiger partial charge in [-0.05, 0) is 38.8 Å². The zero-order chi connectivity index (χ0) is 14.6. The lowest BCUT2D eigenvalue weighted by Crippen LogP contribution is -2.53. The van der Waals surface area contributed by atoms with Gasteiger partial charge in [0, 0.05) is 13.1 Å². The Labute approximate surface area is 120 Å². The molecule has 1 aromatic rings. The third-order valence-corrected chi connectivity index (χ3v) is 3.52. The zero-order valence-corrected chi connectivity index (χ0v) is 12.2. The van der Waals surface area contributed by atoms with Gasteiger partial charge in [-0.25, -0.2) is 4.79 Å². The normalized spacial score (nSPS) is 23.8. The number of rotatable bonds is 4. The van der Waals surface area contributed by atoms with Gasteiger partial charge in [0.25, 0.3) is 0 Å². The Hall–Kier alpha value is -1.39. The summed E-state index contributed by atoms with van der Waals surface area (Å²) < 4.78 is 5.18. The minimum atomic E-state index is -1.36. The van der Waals surface area contributed by atoms with Crippen molar-refractivity contribution in [2.75, 3.05) is 13.1 Å². The second-order valence-electron chi connectivity index (χ2n) is 5.79. The van der Waals surface area contributed by atoms with Crippen molar-refractivity contribution in [3.05, 3.63) is 35.9 Å². The SMILES string of the molecule is CC(C)OC(=O)C1(O)CCCN(Cc2ccccc2)C1. The molecule has 0 aromatic heterocycles. The van der Waals surface area contributed by atoms with Crippen LogP contribution in [0.3, 0.4) is 0 Å². The van der Waals surface area contributed by atoms with Gasteiger partial charge in [0.15, 0.2) is 5.60 Å². The third-order valence-electron chi connectivity index (χ3n) is 3.52. The van der Waals surface area contributed by atoms with Crippen molar-refractivity contribution in [2.24, 2.45) is 0 Å². The maximum Gasteiger partial charge on any atom is 0.339 e. The molecule has 4 heteroatoms. The Morgan fingerprint density at radius 3 is 2.75 bits per heavy atom. The number of ether oxygens (including phenoxy) is 1. The molecular formula is C16H23NO3. The predicted molar refractivity (Wildman–Crippen MR) is 77.1 cm³/mol. The Morgan fingerprint density at radius 2 is 2.10 bits per heavy atom. The summed E-state index contributed by atoms with van der Waals surface area (Å²) in [5, 5.41) is 10.5. The summed E-state index contributed by atoms with van der Waals surface area (Å²) in [7, 11) is 0. The van der Waals surface area contributed by atoms with E-state index in [0.717, 1.165) is 19.5 Å². The highest BCUT2D eigenvalue weighted by Crippen LogP contribution is 2.24. The van der Waals surface area contributed by atoms with E-state index in [1.807, 2.05) is 18.2 Å². The molecule has 0 aliphatic carbocycles. The summed E-state index contributed by atoms with van der Waals surface area (Å²) in [5.41, 5.74) is -0.175. The van der Waals surface area contributed by atoms with Crippen LogP contribution < -0.4 is 0 Å². The summed E-state index contributed by atoms with van der Waals surface area (Å²) in [5.74, 6) is -0.495. The Bertz CT molecular complexity index is 446. The van der Waals surface area contributed by atoms with Gasteiger partial charge >= 0.3 is 5.97 Å². The number of piperidine rings is 1. The number of hydrogen-bond donors (Lipinski definition) is 1. The van der Waals surface area contributed by atoms with Crippen molar-refractivity contribution in [1.29, 1.82) is 0 Å². The summed E-state index contributed by atoms with van der Waals surface area (Å²) in [6.45, 7) is 5.58. The monoisotopic (exact) mass is 277 g/mol. The van der Waals surface area contributed by atoms with E-state index in [1.165, 1.54) is 5.56 Å². The molecule has 1 aromatic carbocycles. The zero-order valence-electron chi connectivity index (χ0n) is 12.2. The average Bonchev–Trinajstić information content (AvgIpc) is 2.39. The molecule has 1 aliphatic heterocycles. The molecule has 0 radical (unpaired) electrons. The quantitative estimate of drug-likeness (QED) is 0.855. The van der Waals surface area contributed by atoms with Crippen LogP contribution in [0.5, 0.6) is 0 Å². The highest BCUT2D eigenvalue weighted by Gasteiger charge is 2.42. The van der Waals surface area contributed by atoms with Crippen molar-refractivity contribution in [3.8, 4) is 0 Å². The van der Waals surface area contributed by atoms with E-state index in [0.29, 0.717) is 13.0 Å². The van der Waals surface area contributed by atoms with Crippen LogP contribution in [0, 0.1) is 0 Å². The number of carbonyl (C=O) groups excluding carboxylic acids is 1. The first-order valence-corrected chi connectivity index (χ1v) is 7.19. The summed E-state index contributed by atoms with van der Waals surface area (Å²) in [6, 6.07) is 10.1. The van der Waals surface area contributed by atoms with E-state index in [1.54, 1.807) is 13.8 Å². The predicted octanol–water partition coefficient (Wildman–Crippen LogP) is 1.97. The van der Waals surface area contributed by atoms with Gasteiger partial charge in [-0.3, -0.25) is 4.90 Å². The lowest BCUT2D eigenvalue weighted by molar-refractivity contribution is -0.175. The van der Waals surface area contributed by atoms with Crippen molar-refractivity contribution in [2.45, 2.75) is 44.9 Å². The third kappa shape index (κ3) is 3.81. The van der Waals surface area contributed by atoms with Crippen molar-refractivity contribution in [1.82, 2.24) is 4.90 Å². The first kappa shape index (κ1) is 15.0. The van der Waals surface area contributed by atoms with E-state index in [2.05, 4.69) is 17.0 Å². The molecular weight excluding hydrogens is 254 g/mol. The van der Waals surface area contributed by atoms with E-state index in [4.69, 9.17) is 4.74 Å². The van der Waals surface area contributed by atoms with Crippen molar-refractivity contribution >= 4 is 5.97 Å². The van der Waals surface area contributed by atoms with Crippen LogP contribution in [-0.4, -0.2) is 40.8 Å². The minimum absolute atomic E-state index is 0.198. The fourth-order valence-corrected chi connectivity index (χ4v) is 2.59. The molecule has 1 saturated heterocycles. The van der Waals surface area contributed by atoms with Gasteiger partial charge in [-0.2, -0.15) is 0 Å². The summed E-state index contributed by atoms with van der Waals surface area (Å²) in [6.07, 6.45) is 1.08. The molecule has 0 bridgehead atoms. The average molecular weight is 277 g/mol. The van der Waals surface area contributed by atoms with Gasteiger partial charge in [0.1, 0.15) is 0 Å². The second-order valence-corrected chi connectivity index (χ2v) is 5.79. The highest BCUT2D eigenvalue weighted by atomic mass is 16.6. The number of carbonyl (C=O) groups is 1. The maximum atomic E-state index is 12.0. The fraction of sp³-hybridized carbons (Fsp3) is 0.562. The Morgan fingerprint density at radius 1 is 1.40 bits per heavy atom. The molecule has 4 nitrogen and oxygen atoms in total. The van der Waals surface area contributed by atoms with E-state index in [-0.39, 0.29) is 6.10 Å². The van der Waals surface area contributed by atoms with Crippen LogP contribution in [0.2, 0.25) is 0 Å². The summed E-state index contributed by atoms with van der Waals surface area (Å²) >= 11 is 0. The van der Waals surface area contributed by atoms with Crippen molar-refractivity contribution < 1.29 is 14.6 Å². The minimum Gasteiger partial charge on any atom is -0.461 e. The molecule has 1 aliphatic rings. The molecule has 20 heavy (non-hydrogen) atoms. The number of esters is 1. The van der Waals surface area contributed by atoms with Crippen LogP contribution >= 0.6 is 0 Å². The van der Waals surface area contributed by atoms with Gasteiger partial charge in [-0.1, -0.05) is 30.3 Å². The van der Waals surface area contributed by atoms with Gasteiger partial charge in [0.2, 0.25) is 0 Å². The lowest BCUT2D eigenvalue weighted by Gasteiger charge is -2.37. The first-order chi connectivity index (χ1) is 9.49. The van der Waals surface area contributed by atoms with E-state index in [9.17, 15) is 9.90 Å². The lowest BCUT2D eigenvalue weighted by atomic mass is 9.92. The van der Waals surface area contributed by atoms with Crippen LogP contribution in [0.1, 0.15) is 32.3 Å². The largest absolute Gasteiger partial charge is 0.461 e. The molecule has 0 saturated carbocycles. The van der Waals surface area contributed by atoms with Crippen LogP contribution in [0.15, 0.2) is 30.3 Å². The molecule has 1 atom stereocenters. The Balaban J connectivity index is 1.99. The second kappa shape index (κ2) is 6.37. The standard InChI is InChI=1S/C16H23NO3/c1-13(2)20-15(18)16(19)9-6-10-17(12-16)11-14-7-4-3-5-8-14/h3-5,7-8,13,19H,6,9-12H2,1-2H3. The van der Waals surface area contributed by atoms with Gasteiger partial charge < -0.3 is 9.84 Å². The smallest absolute Gasteiger partial charge is 0.339 e. The molecule has 0 spiro atoms. The Kier molecular flexibility index (Phi) is 4.78. The fourth-order valence-electron chi connectivity index (χ4n) is 2.59. The summed E-state index contributed by atoms with van der Waals surface area (Å²) in [4.78, 5) is 14.1. The molecule has 1 unspecified atom stereocenters. The highest BCUT2D eigenvalue weighted by molar-refractivity contribution is 5.79. The van der Waals surface area contributed by atoms with E-state index >= 15 is 0 Å². The van der Waals surface area contributed by atoms with Gasteiger partial charge in [0.05, 0.1) is 6.10 Å². The van der Waals surface area contributed by atoms with Crippen LogP contribution in [0.25, 0.3) is 0 Å². The number of nitrogens with zero attached hydrogens (tertiary/aromatic N) is 1. The number of aliphatic hydroxyl groups is 1. The van der Waals surface area contributed by atoms with E-state index < -0.39 is 11.6 Å². The molecule has 1 N–H and O–H groups in total. The topological polar surface area (TPSA) is 49.8 Å². The van der Waals surface area contributed by atoms with Crippen LogP contribution in [0.4, 0.5) is 0 Å².